The van der Waals surface area contributed by atoms with Gasteiger partial charge in [0.15, 0.2) is 0 Å². The molecular formula is C14H20N4O2. The van der Waals surface area contributed by atoms with Crippen molar-refractivity contribution in [2.75, 3.05) is 19.7 Å². The molecule has 0 aliphatic rings. The van der Waals surface area contributed by atoms with Crippen LogP contribution in [-0.4, -0.2) is 31.7 Å². The van der Waals surface area contributed by atoms with Crippen LogP contribution in [0.2, 0.25) is 0 Å². The molecule has 1 aromatic rings. The monoisotopic (exact) mass is 276 g/mol. The van der Waals surface area contributed by atoms with Crippen molar-refractivity contribution < 1.29 is 9.53 Å². The van der Waals surface area contributed by atoms with Crippen molar-refractivity contribution in [1.29, 1.82) is 0 Å². The summed E-state index contributed by atoms with van der Waals surface area (Å²) in [6, 6.07) is 9.32. The quantitative estimate of drug-likeness (QED) is 0.260. The predicted octanol–water partition coefficient (Wildman–Crippen LogP) is 2.62. The van der Waals surface area contributed by atoms with Crippen molar-refractivity contribution in [1.82, 2.24) is 5.32 Å². The Kier molecular flexibility index (Phi) is 7.17. The van der Waals surface area contributed by atoms with Crippen LogP contribution in [0.5, 0.6) is 0 Å². The van der Waals surface area contributed by atoms with Gasteiger partial charge in [-0.25, -0.2) is 0 Å². The lowest BCUT2D eigenvalue weighted by atomic mass is 9.93. The number of benzene rings is 1. The molecule has 6 nitrogen and oxygen atoms in total. The van der Waals surface area contributed by atoms with Crippen LogP contribution in [0.3, 0.4) is 0 Å². The molecular weight excluding hydrogens is 256 g/mol. The fourth-order valence-electron chi connectivity index (χ4n) is 1.96. The second kappa shape index (κ2) is 8.96. The van der Waals surface area contributed by atoms with Crippen LogP contribution in [0.15, 0.2) is 35.4 Å². The third kappa shape index (κ3) is 4.91. The average Bonchev–Trinajstić information content (AvgIpc) is 2.48. The van der Waals surface area contributed by atoms with Crippen molar-refractivity contribution in [3.8, 4) is 0 Å². The molecule has 1 rings (SSSR count). The minimum Gasteiger partial charge on any atom is -0.465 e. The van der Waals surface area contributed by atoms with E-state index in [9.17, 15) is 4.79 Å². The summed E-state index contributed by atoms with van der Waals surface area (Å²) in [4.78, 5) is 14.7. The SMILES string of the molecule is CCOC(=O)C(NCCN=[N+]=[N-])C(C)c1ccccc1. The number of nitrogens with zero attached hydrogens (tertiary/aromatic N) is 3. The molecule has 1 N–H and O–H groups in total. The summed E-state index contributed by atoms with van der Waals surface area (Å²) < 4.78 is 5.10. The summed E-state index contributed by atoms with van der Waals surface area (Å²) in [5.41, 5.74) is 9.31. The zero-order chi connectivity index (χ0) is 14.8. The summed E-state index contributed by atoms with van der Waals surface area (Å²) in [5, 5.41) is 6.55. The van der Waals surface area contributed by atoms with E-state index in [4.69, 9.17) is 10.3 Å². The summed E-state index contributed by atoms with van der Waals surface area (Å²) >= 11 is 0. The summed E-state index contributed by atoms with van der Waals surface area (Å²) in [5.74, 6) is -0.314. The Morgan fingerprint density at radius 1 is 1.45 bits per heavy atom. The molecule has 0 saturated carbocycles. The number of azide groups is 1. The average molecular weight is 276 g/mol. The van der Waals surface area contributed by atoms with Crippen molar-refractivity contribution in [3.05, 3.63) is 46.3 Å². The lowest BCUT2D eigenvalue weighted by Gasteiger charge is -2.23. The van der Waals surface area contributed by atoms with E-state index in [1.807, 2.05) is 37.3 Å². The van der Waals surface area contributed by atoms with Crippen LogP contribution in [0, 0.1) is 0 Å². The molecule has 0 amide bonds. The molecule has 0 aliphatic heterocycles. The van der Waals surface area contributed by atoms with Gasteiger partial charge < -0.3 is 10.1 Å². The van der Waals surface area contributed by atoms with Crippen LogP contribution >= 0.6 is 0 Å². The highest BCUT2D eigenvalue weighted by Gasteiger charge is 2.26. The van der Waals surface area contributed by atoms with Crippen molar-refractivity contribution >= 4 is 5.97 Å². The van der Waals surface area contributed by atoms with Crippen molar-refractivity contribution in [2.45, 2.75) is 25.8 Å². The maximum Gasteiger partial charge on any atom is 0.323 e. The fraction of sp³-hybridized carbons (Fsp3) is 0.500. The topological polar surface area (TPSA) is 87.1 Å². The van der Waals surface area contributed by atoms with Gasteiger partial charge in [0.1, 0.15) is 6.04 Å². The Labute approximate surface area is 118 Å². The molecule has 0 fully saturated rings. The van der Waals surface area contributed by atoms with Crippen LogP contribution < -0.4 is 5.32 Å². The van der Waals surface area contributed by atoms with E-state index in [1.54, 1.807) is 6.92 Å². The highest BCUT2D eigenvalue weighted by atomic mass is 16.5. The van der Waals surface area contributed by atoms with E-state index in [0.717, 1.165) is 5.56 Å². The van der Waals surface area contributed by atoms with Crippen LogP contribution in [0.25, 0.3) is 10.4 Å². The van der Waals surface area contributed by atoms with E-state index in [2.05, 4.69) is 15.3 Å². The molecule has 0 aliphatic carbocycles. The maximum atomic E-state index is 12.0. The Morgan fingerprint density at radius 3 is 2.75 bits per heavy atom. The Bertz CT molecular complexity index is 458. The van der Waals surface area contributed by atoms with Gasteiger partial charge in [-0.15, -0.1) is 0 Å². The minimum atomic E-state index is -0.453. The molecule has 0 aromatic heterocycles. The van der Waals surface area contributed by atoms with E-state index < -0.39 is 6.04 Å². The molecule has 0 saturated heterocycles. The molecule has 0 bridgehead atoms. The van der Waals surface area contributed by atoms with Gasteiger partial charge in [0.2, 0.25) is 0 Å². The third-order valence-electron chi connectivity index (χ3n) is 3.01. The molecule has 108 valence electrons. The van der Waals surface area contributed by atoms with Gasteiger partial charge in [-0.2, -0.15) is 0 Å². The van der Waals surface area contributed by atoms with Crippen molar-refractivity contribution in [2.24, 2.45) is 5.11 Å². The lowest BCUT2D eigenvalue weighted by Crippen LogP contribution is -2.43. The Hall–Kier alpha value is -2.04. The second-order valence-corrected chi connectivity index (χ2v) is 4.34. The largest absolute Gasteiger partial charge is 0.465 e. The summed E-state index contributed by atoms with van der Waals surface area (Å²) in [6.07, 6.45) is 0. The molecule has 0 heterocycles. The number of esters is 1. The highest BCUT2D eigenvalue weighted by Crippen LogP contribution is 2.19. The fourth-order valence-corrected chi connectivity index (χ4v) is 1.96. The molecule has 0 spiro atoms. The number of carbonyl (C=O) groups excluding carboxylic acids is 1. The van der Waals surface area contributed by atoms with Gasteiger partial charge >= 0.3 is 5.97 Å². The molecule has 2 unspecified atom stereocenters. The Morgan fingerprint density at radius 2 is 2.15 bits per heavy atom. The molecule has 20 heavy (non-hydrogen) atoms. The van der Waals surface area contributed by atoms with Gasteiger partial charge in [0.05, 0.1) is 6.61 Å². The number of carbonyl (C=O) groups is 1. The van der Waals surface area contributed by atoms with Gasteiger partial charge in [-0.05, 0) is 18.0 Å². The van der Waals surface area contributed by atoms with Gasteiger partial charge in [0, 0.05) is 23.9 Å². The first-order valence-corrected chi connectivity index (χ1v) is 6.66. The first kappa shape index (κ1) is 16.0. The molecule has 6 heteroatoms. The first-order valence-electron chi connectivity index (χ1n) is 6.66. The number of rotatable bonds is 8. The zero-order valence-corrected chi connectivity index (χ0v) is 11.8. The summed E-state index contributed by atoms with van der Waals surface area (Å²) in [6.45, 7) is 4.83. The summed E-state index contributed by atoms with van der Waals surface area (Å²) in [7, 11) is 0. The first-order chi connectivity index (χ1) is 9.70. The lowest BCUT2D eigenvalue weighted by molar-refractivity contribution is -0.146. The van der Waals surface area contributed by atoms with Gasteiger partial charge in [-0.1, -0.05) is 42.4 Å². The second-order valence-electron chi connectivity index (χ2n) is 4.34. The minimum absolute atomic E-state index is 0.0266. The molecule has 2 atom stereocenters. The number of hydrogen-bond donors (Lipinski definition) is 1. The van der Waals surface area contributed by atoms with E-state index in [-0.39, 0.29) is 11.9 Å². The Balaban J connectivity index is 2.75. The van der Waals surface area contributed by atoms with Gasteiger partial charge in [0.25, 0.3) is 0 Å². The smallest absolute Gasteiger partial charge is 0.323 e. The van der Waals surface area contributed by atoms with Crippen molar-refractivity contribution in [3.63, 3.8) is 0 Å². The van der Waals surface area contributed by atoms with E-state index in [1.165, 1.54) is 0 Å². The van der Waals surface area contributed by atoms with E-state index in [0.29, 0.717) is 19.7 Å². The predicted molar refractivity (Wildman–Crippen MR) is 77.3 cm³/mol. The van der Waals surface area contributed by atoms with Crippen LogP contribution in [-0.2, 0) is 9.53 Å². The third-order valence-corrected chi connectivity index (χ3v) is 3.01. The molecule has 1 aromatic carbocycles. The van der Waals surface area contributed by atoms with E-state index >= 15 is 0 Å². The molecule has 0 radical (unpaired) electrons. The maximum absolute atomic E-state index is 12.0. The highest BCUT2D eigenvalue weighted by molar-refractivity contribution is 5.77. The number of hydrogen-bond acceptors (Lipinski definition) is 4. The van der Waals surface area contributed by atoms with Crippen LogP contribution in [0.1, 0.15) is 25.3 Å². The zero-order valence-electron chi connectivity index (χ0n) is 11.8. The standard InChI is InChI=1S/C14H20N4O2/c1-3-20-14(19)13(16-9-10-17-18-15)11(2)12-7-5-4-6-8-12/h4-8,11,13,16H,3,9-10H2,1-2H3. The van der Waals surface area contributed by atoms with Gasteiger partial charge in [-0.3, -0.25) is 4.79 Å². The number of nitrogens with one attached hydrogen (secondary N) is 1. The number of ether oxygens (including phenoxy) is 1. The normalized spacial score (nSPS) is 13.1. The van der Waals surface area contributed by atoms with Crippen LogP contribution in [0.4, 0.5) is 0 Å².